The topological polar surface area (TPSA) is 64.9 Å². The van der Waals surface area contributed by atoms with Gasteiger partial charge in [0.1, 0.15) is 5.82 Å². The summed E-state index contributed by atoms with van der Waals surface area (Å²) in [6, 6.07) is 0. The largest absolute Gasteiger partial charge is 0.480 e. The van der Waals surface area contributed by atoms with Gasteiger partial charge in [0.2, 0.25) is 11.8 Å². The van der Waals surface area contributed by atoms with E-state index in [9.17, 15) is 0 Å². The molecule has 0 spiro atoms. The van der Waals surface area contributed by atoms with Crippen molar-refractivity contribution in [2.45, 2.75) is 6.42 Å². The summed E-state index contributed by atoms with van der Waals surface area (Å²) in [5.74, 6) is 2.08. The number of methoxy groups -OCH3 is 1. The van der Waals surface area contributed by atoms with Crippen LogP contribution in [0.2, 0.25) is 0 Å². The molecule has 2 rings (SSSR count). The molecule has 96 valence electrons. The second kappa shape index (κ2) is 5.81. The minimum atomic E-state index is 0.518. The Hall–Kier alpha value is -1.63. The third-order valence-corrected chi connectivity index (χ3v) is 3.00. The number of rotatable bonds is 5. The van der Waals surface area contributed by atoms with Gasteiger partial charge in [-0.05, 0) is 15.9 Å². The van der Waals surface area contributed by atoms with Gasteiger partial charge < -0.3 is 14.6 Å². The number of hydrogen-bond donors (Lipinski definition) is 1. The van der Waals surface area contributed by atoms with E-state index in [0.29, 0.717) is 11.8 Å². The molecule has 0 radical (unpaired) electrons. The van der Waals surface area contributed by atoms with E-state index in [4.69, 9.17) is 4.74 Å². The Kier molecular flexibility index (Phi) is 4.14. The van der Waals surface area contributed by atoms with E-state index in [1.54, 1.807) is 19.5 Å². The highest BCUT2D eigenvalue weighted by molar-refractivity contribution is 9.10. The first-order valence-corrected chi connectivity index (χ1v) is 6.26. The average molecular weight is 312 g/mol. The van der Waals surface area contributed by atoms with Crippen molar-refractivity contribution in [3.8, 4) is 5.88 Å². The van der Waals surface area contributed by atoms with E-state index in [1.165, 1.54) is 0 Å². The van der Waals surface area contributed by atoms with Crippen LogP contribution in [-0.2, 0) is 13.5 Å². The molecule has 0 amide bonds. The van der Waals surface area contributed by atoms with Gasteiger partial charge in [0.15, 0.2) is 0 Å². The third kappa shape index (κ3) is 2.98. The summed E-state index contributed by atoms with van der Waals surface area (Å²) in [6.45, 7) is 0.718. The molecule has 0 saturated heterocycles. The van der Waals surface area contributed by atoms with Crippen LogP contribution in [0.1, 0.15) is 5.82 Å². The van der Waals surface area contributed by atoms with E-state index in [0.717, 1.165) is 23.3 Å². The van der Waals surface area contributed by atoms with Gasteiger partial charge in [0.05, 0.1) is 17.8 Å². The second-order valence-corrected chi connectivity index (χ2v) is 4.54. The molecule has 2 aromatic rings. The molecule has 0 aliphatic carbocycles. The summed E-state index contributed by atoms with van der Waals surface area (Å²) in [5, 5.41) is 3.14. The van der Waals surface area contributed by atoms with E-state index in [-0.39, 0.29) is 0 Å². The fourth-order valence-corrected chi connectivity index (χ4v) is 1.86. The lowest BCUT2D eigenvalue weighted by molar-refractivity contribution is 0.394. The molecule has 0 fully saturated rings. The third-order valence-electron chi connectivity index (χ3n) is 2.46. The van der Waals surface area contributed by atoms with Crippen LogP contribution >= 0.6 is 15.9 Å². The van der Waals surface area contributed by atoms with Crippen LogP contribution in [0, 0.1) is 0 Å². The van der Waals surface area contributed by atoms with Crippen molar-refractivity contribution in [2.24, 2.45) is 7.05 Å². The molecule has 6 nitrogen and oxygen atoms in total. The Morgan fingerprint density at radius 3 is 2.94 bits per heavy atom. The Bertz CT molecular complexity index is 528. The van der Waals surface area contributed by atoms with Crippen molar-refractivity contribution in [1.29, 1.82) is 0 Å². The summed E-state index contributed by atoms with van der Waals surface area (Å²) in [6.07, 6.45) is 6.18. The lowest BCUT2D eigenvalue weighted by Gasteiger charge is -2.07. The first-order valence-electron chi connectivity index (χ1n) is 5.47. The molecule has 2 heterocycles. The summed E-state index contributed by atoms with van der Waals surface area (Å²) < 4.78 is 7.83. The van der Waals surface area contributed by atoms with Crippen molar-refractivity contribution in [3.05, 3.63) is 28.9 Å². The Balaban J connectivity index is 1.92. The van der Waals surface area contributed by atoms with Gasteiger partial charge in [-0.25, -0.2) is 9.97 Å². The minimum Gasteiger partial charge on any atom is -0.480 e. The smallest absolute Gasteiger partial charge is 0.232 e. The number of hydrogen-bond acceptors (Lipinski definition) is 5. The fraction of sp³-hybridized carbons (Fsp3) is 0.364. The monoisotopic (exact) mass is 311 g/mol. The van der Waals surface area contributed by atoms with Crippen molar-refractivity contribution < 1.29 is 4.74 Å². The molecule has 1 N–H and O–H groups in total. The van der Waals surface area contributed by atoms with Crippen LogP contribution in [0.15, 0.2) is 23.1 Å². The first-order chi connectivity index (χ1) is 8.70. The zero-order chi connectivity index (χ0) is 13.0. The van der Waals surface area contributed by atoms with Crippen molar-refractivity contribution >= 4 is 21.9 Å². The molecule has 18 heavy (non-hydrogen) atoms. The highest BCUT2D eigenvalue weighted by Gasteiger charge is 2.05. The molecule has 0 unspecified atom stereocenters. The Morgan fingerprint density at radius 2 is 2.28 bits per heavy atom. The van der Waals surface area contributed by atoms with E-state index >= 15 is 0 Å². The predicted octanol–water partition coefficient (Wildman–Crippen LogP) is 1.64. The van der Waals surface area contributed by atoms with Gasteiger partial charge in [-0.3, -0.25) is 0 Å². The van der Waals surface area contributed by atoms with Crippen LogP contribution in [0.3, 0.4) is 0 Å². The molecule has 0 aliphatic heterocycles. The lowest BCUT2D eigenvalue weighted by atomic mass is 10.4. The van der Waals surface area contributed by atoms with Crippen molar-refractivity contribution in [1.82, 2.24) is 19.5 Å². The van der Waals surface area contributed by atoms with Crippen LogP contribution in [0.5, 0.6) is 5.88 Å². The number of halogens is 1. The molecule has 0 atom stereocenters. The number of anilines is 1. The Morgan fingerprint density at radius 1 is 1.44 bits per heavy atom. The van der Waals surface area contributed by atoms with Gasteiger partial charge in [-0.1, -0.05) is 0 Å². The maximum atomic E-state index is 5.10. The molecule has 0 saturated carbocycles. The number of ether oxygens (including phenoxy) is 1. The number of aryl methyl sites for hydroxylation is 1. The van der Waals surface area contributed by atoms with E-state index < -0.39 is 0 Å². The van der Waals surface area contributed by atoms with Gasteiger partial charge in [-0.15, -0.1) is 0 Å². The van der Waals surface area contributed by atoms with Crippen molar-refractivity contribution in [2.75, 3.05) is 19.0 Å². The number of nitrogens with zero attached hydrogens (tertiary/aromatic N) is 4. The van der Waals surface area contributed by atoms with Crippen LogP contribution in [0.25, 0.3) is 0 Å². The van der Waals surface area contributed by atoms with Gasteiger partial charge in [-0.2, -0.15) is 4.98 Å². The normalized spacial score (nSPS) is 10.4. The number of nitrogens with one attached hydrogen (secondary N) is 1. The van der Waals surface area contributed by atoms with Crippen LogP contribution in [-0.4, -0.2) is 33.2 Å². The zero-order valence-corrected chi connectivity index (χ0v) is 11.8. The molecule has 2 aromatic heterocycles. The van der Waals surface area contributed by atoms with Crippen LogP contribution < -0.4 is 10.1 Å². The molecular weight excluding hydrogens is 298 g/mol. The number of aromatic nitrogens is 4. The summed E-state index contributed by atoms with van der Waals surface area (Å²) in [4.78, 5) is 12.6. The van der Waals surface area contributed by atoms with Crippen molar-refractivity contribution in [3.63, 3.8) is 0 Å². The number of imidazole rings is 1. The van der Waals surface area contributed by atoms with E-state index in [2.05, 4.69) is 36.2 Å². The molecule has 7 heteroatoms. The second-order valence-electron chi connectivity index (χ2n) is 3.68. The standard InChI is InChI=1S/C11H14BrN5O/c1-17-6-5-13-9(17)3-4-14-11-15-7-8(12)10(16-11)18-2/h5-7H,3-4H2,1-2H3,(H,14,15,16). The molecule has 0 bridgehead atoms. The van der Waals surface area contributed by atoms with Gasteiger partial charge >= 0.3 is 0 Å². The average Bonchev–Trinajstić information content (AvgIpc) is 2.77. The quantitative estimate of drug-likeness (QED) is 0.909. The molecule has 0 aliphatic rings. The summed E-state index contributed by atoms with van der Waals surface area (Å²) >= 11 is 3.31. The van der Waals surface area contributed by atoms with Crippen LogP contribution in [0.4, 0.5) is 5.95 Å². The summed E-state index contributed by atoms with van der Waals surface area (Å²) in [5.41, 5.74) is 0. The van der Waals surface area contributed by atoms with E-state index in [1.807, 2.05) is 17.8 Å². The van der Waals surface area contributed by atoms with Gasteiger partial charge in [0, 0.05) is 32.4 Å². The maximum Gasteiger partial charge on any atom is 0.232 e. The molecule has 0 aromatic carbocycles. The minimum absolute atomic E-state index is 0.518. The first kappa shape index (κ1) is 12.8. The highest BCUT2D eigenvalue weighted by atomic mass is 79.9. The summed E-state index contributed by atoms with van der Waals surface area (Å²) in [7, 11) is 3.55. The van der Waals surface area contributed by atoms with Gasteiger partial charge in [0.25, 0.3) is 0 Å². The SMILES string of the molecule is COc1nc(NCCc2nccn2C)ncc1Br. The maximum absolute atomic E-state index is 5.10. The lowest BCUT2D eigenvalue weighted by Crippen LogP contribution is -2.11. The molecular formula is C11H14BrN5O. The highest BCUT2D eigenvalue weighted by Crippen LogP contribution is 2.21. The zero-order valence-electron chi connectivity index (χ0n) is 10.2. The predicted molar refractivity (Wildman–Crippen MR) is 71.7 cm³/mol. The fourth-order valence-electron chi connectivity index (χ4n) is 1.50. The Labute approximate surface area is 114 Å².